The van der Waals surface area contributed by atoms with Gasteiger partial charge in [0.2, 0.25) is 5.95 Å². The van der Waals surface area contributed by atoms with Gasteiger partial charge in [-0.15, -0.1) is 0 Å². The number of aromatic nitrogens is 4. The Balaban J connectivity index is 1.71. The highest BCUT2D eigenvalue weighted by molar-refractivity contribution is 5.73. The Labute approximate surface area is 136 Å². The van der Waals surface area contributed by atoms with Crippen LogP contribution in [0.1, 0.15) is 0 Å². The first-order valence-corrected chi connectivity index (χ1v) is 7.27. The van der Waals surface area contributed by atoms with Crippen molar-refractivity contribution in [2.75, 3.05) is 5.73 Å². The molecular weight excluding hydrogens is 306 g/mol. The Hall–Kier alpha value is -3.61. The monoisotopic (exact) mass is 319 g/mol. The van der Waals surface area contributed by atoms with Crippen LogP contribution in [-0.4, -0.2) is 19.5 Å². The van der Waals surface area contributed by atoms with Crippen LogP contribution in [0, 0.1) is 0 Å². The van der Waals surface area contributed by atoms with E-state index in [4.69, 9.17) is 10.5 Å². The van der Waals surface area contributed by atoms with Gasteiger partial charge in [0.25, 0.3) is 0 Å². The fraction of sp³-hybridized carbons (Fsp3) is 0. The van der Waals surface area contributed by atoms with Crippen LogP contribution in [0.2, 0.25) is 0 Å². The summed E-state index contributed by atoms with van der Waals surface area (Å²) in [7, 11) is 0. The van der Waals surface area contributed by atoms with Gasteiger partial charge in [0.15, 0.2) is 5.65 Å². The largest absolute Gasteiger partial charge is 0.457 e. The molecule has 0 aliphatic heterocycles. The topological polar surface area (TPSA) is 98.8 Å². The number of nitrogens with two attached hydrogens (primary N) is 1. The van der Waals surface area contributed by atoms with Crippen molar-refractivity contribution < 1.29 is 4.74 Å². The van der Waals surface area contributed by atoms with E-state index in [0.29, 0.717) is 22.6 Å². The van der Waals surface area contributed by atoms with Gasteiger partial charge in [-0.1, -0.05) is 18.2 Å². The normalized spacial score (nSPS) is 10.8. The molecule has 7 nitrogen and oxygen atoms in total. The van der Waals surface area contributed by atoms with Gasteiger partial charge in [0, 0.05) is 0 Å². The summed E-state index contributed by atoms with van der Waals surface area (Å²) in [5, 5.41) is 0. The van der Waals surface area contributed by atoms with Crippen LogP contribution in [0.4, 0.5) is 5.95 Å². The van der Waals surface area contributed by atoms with Crippen molar-refractivity contribution in [1.82, 2.24) is 19.5 Å². The summed E-state index contributed by atoms with van der Waals surface area (Å²) in [5.74, 6) is 1.54. The molecule has 0 aliphatic rings. The number of nitrogens with zero attached hydrogens (tertiary/aromatic N) is 3. The second kappa shape index (κ2) is 5.54. The summed E-state index contributed by atoms with van der Waals surface area (Å²) in [4.78, 5) is 22.8. The van der Waals surface area contributed by atoms with Crippen molar-refractivity contribution in [1.29, 1.82) is 0 Å². The minimum absolute atomic E-state index is 0.113. The van der Waals surface area contributed by atoms with Crippen LogP contribution < -0.4 is 16.2 Å². The lowest BCUT2D eigenvalue weighted by molar-refractivity contribution is 0.482. The lowest BCUT2D eigenvalue weighted by Gasteiger charge is -2.07. The van der Waals surface area contributed by atoms with E-state index in [1.165, 1.54) is 10.8 Å². The first kappa shape index (κ1) is 14.0. The second-order valence-corrected chi connectivity index (χ2v) is 5.14. The van der Waals surface area contributed by atoms with E-state index in [0.717, 1.165) is 5.75 Å². The highest BCUT2D eigenvalue weighted by Crippen LogP contribution is 2.23. The minimum atomic E-state index is -0.304. The standard InChI is InChI=1S/C17H13N5O2/c18-16-19-10-14-15(20-16)21-17(23)22(14)11-6-8-13(9-7-11)24-12-4-2-1-3-5-12/h1-10H,(H3,18,19,20,21,23). The maximum absolute atomic E-state index is 12.2. The van der Waals surface area contributed by atoms with E-state index in [9.17, 15) is 4.79 Å². The molecule has 118 valence electrons. The van der Waals surface area contributed by atoms with Crippen molar-refractivity contribution in [2.45, 2.75) is 0 Å². The van der Waals surface area contributed by atoms with Gasteiger partial charge in [-0.25, -0.2) is 9.78 Å². The van der Waals surface area contributed by atoms with Gasteiger partial charge in [-0.2, -0.15) is 4.98 Å². The zero-order valence-corrected chi connectivity index (χ0v) is 12.5. The fourth-order valence-corrected chi connectivity index (χ4v) is 2.46. The molecular formula is C17H13N5O2. The Bertz CT molecular complexity index is 1050. The number of hydrogen-bond acceptors (Lipinski definition) is 5. The van der Waals surface area contributed by atoms with Gasteiger partial charge in [-0.05, 0) is 36.4 Å². The Kier molecular flexibility index (Phi) is 3.24. The molecule has 0 saturated carbocycles. The lowest BCUT2D eigenvalue weighted by atomic mass is 10.3. The van der Waals surface area contributed by atoms with Gasteiger partial charge < -0.3 is 10.5 Å². The highest BCUT2D eigenvalue weighted by atomic mass is 16.5. The SMILES string of the molecule is Nc1ncc2c(n1)[nH]c(=O)n2-c1ccc(Oc2ccccc2)cc1. The summed E-state index contributed by atoms with van der Waals surface area (Å²) >= 11 is 0. The van der Waals surface area contributed by atoms with Gasteiger partial charge in [0.1, 0.15) is 17.0 Å². The number of H-pyrrole nitrogens is 1. The third-order valence-electron chi connectivity index (χ3n) is 3.53. The molecule has 0 fully saturated rings. The molecule has 4 rings (SSSR count). The summed E-state index contributed by atoms with van der Waals surface area (Å²) in [6, 6.07) is 16.7. The van der Waals surface area contributed by atoms with Crippen molar-refractivity contribution in [3.8, 4) is 17.2 Å². The van der Waals surface area contributed by atoms with Crippen LogP contribution >= 0.6 is 0 Å². The average molecular weight is 319 g/mol. The summed E-state index contributed by atoms with van der Waals surface area (Å²) in [5.41, 5.74) is 6.88. The first-order chi connectivity index (χ1) is 11.7. The zero-order chi connectivity index (χ0) is 16.5. The maximum atomic E-state index is 12.2. The Morgan fingerprint density at radius 1 is 1.00 bits per heavy atom. The van der Waals surface area contributed by atoms with E-state index in [2.05, 4.69) is 15.0 Å². The van der Waals surface area contributed by atoms with Crippen molar-refractivity contribution in [3.63, 3.8) is 0 Å². The number of benzene rings is 2. The van der Waals surface area contributed by atoms with Gasteiger partial charge in [0.05, 0.1) is 11.9 Å². The smallest absolute Gasteiger partial charge is 0.332 e. The molecule has 24 heavy (non-hydrogen) atoms. The van der Waals surface area contributed by atoms with Gasteiger partial charge in [-0.3, -0.25) is 9.55 Å². The Morgan fingerprint density at radius 2 is 1.71 bits per heavy atom. The molecule has 2 heterocycles. The number of nitrogen functional groups attached to an aromatic ring is 1. The number of aromatic amines is 1. The van der Waals surface area contributed by atoms with E-state index >= 15 is 0 Å². The number of anilines is 1. The van der Waals surface area contributed by atoms with Crippen molar-refractivity contribution >= 4 is 17.1 Å². The first-order valence-electron chi connectivity index (χ1n) is 7.27. The van der Waals surface area contributed by atoms with Crippen molar-refractivity contribution in [3.05, 3.63) is 71.3 Å². The molecule has 0 spiro atoms. The molecule has 3 N–H and O–H groups in total. The molecule has 0 amide bonds. The van der Waals surface area contributed by atoms with Crippen LogP contribution in [0.15, 0.2) is 65.6 Å². The third-order valence-corrected chi connectivity index (χ3v) is 3.53. The number of rotatable bonds is 3. The molecule has 0 radical (unpaired) electrons. The van der Waals surface area contributed by atoms with E-state index < -0.39 is 0 Å². The quantitative estimate of drug-likeness (QED) is 0.604. The predicted octanol–water partition coefficient (Wildman–Crippen LogP) is 2.48. The summed E-state index contributed by atoms with van der Waals surface area (Å²) in [6.45, 7) is 0. The molecule has 0 unspecified atom stereocenters. The second-order valence-electron chi connectivity index (χ2n) is 5.14. The lowest BCUT2D eigenvalue weighted by Crippen LogP contribution is -2.14. The number of fused-ring (bicyclic) bond motifs is 1. The molecule has 7 heteroatoms. The van der Waals surface area contributed by atoms with E-state index in [-0.39, 0.29) is 11.6 Å². The molecule has 4 aromatic rings. The summed E-state index contributed by atoms with van der Waals surface area (Å²) < 4.78 is 7.23. The molecule has 2 aromatic heterocycles. The van der Waals surface area contributed by atoms with Crippen molar-refractivity contribution in [2.24, 2.45) is 0 Å². The summed E-state index contributed by atoms with van der Waals surface area (Å²) in [6.07, 6.45) is 1.52. The van der Waals surface area contributed by atoms with Crippen LogP contribution in [0.25, 0.3) is 16.9 Å². The zero-order valence-electron chi connectivity index (χ0n) is 12.5. The molecule has 2 aromatic carbocycles. The minimum Gasteiger partial charge on any atom is -0.457 e. The number of ether oxygens (including phenoxy) is 1. The number of nitrogens with one attached hydrogen (secondary N) is 1. The highest BCUT2D eigenvalue weighted by Gasteiger charge is 2.10. The average Bonchev–Trinajstić information content (AvgIpc) is 2.91. The third kappa shape index (κ3) is 2.48. The number of hydrogen-bond donors (Lipinski definition) is 2. The van der Waals surface area contributed by atoms with Crippen LogP contribution in [0.3, 0.4) is 0 Å². The predicted molar refractivity (Wildman–Crippen MR) is 90.4 cm³/mol. The molecule has 0 atom stereocenters. The number of imidazole rings is 1. The van der Waals surface area contributed by atoms with Crippen LogP contribution in [0.5, 0.6) is 11.5 Å². The molecule has 0 bridgehead atoms. The van der Waals surface area contributed by atoms with E-state index in [1.54, 1.807) is 24.3 Å². The molecule has 0 aliphatic carbocycles. The van der Waals surface area contributed by atoms with E-state index in [1.807, 2.05) is 30.3 Å². The molecule has 0 saturated heterocycles. The maximum Gasteiger partial charge on any atom is 0.332 e. The number of para-hydroxylation sites is 1. The fourth-order valence-electron chi connectivity index (χ4n) is 2.46. The van der Waals surface area contributed by atoms with Gasteiger partial charge >= 0.3 is 5.69 Å². The van der Waals surface area contributed by atoms with Crippen LogP contribution in [-0.2, 0) is 0 Å². The Morgan fingerprint density at radius 3 is 2.46 bits per heavy atom.